The highest BCUT2D eigenvalue weighted by Crippen LogP contribution is 2.23. The number of nitrogens with zero attached hydrogens (tertiary/aromatic N) is 6. The van der Waals surface area contributed by atoms with Crippen LogP contribution in [0.3, 0.4) is 0 Å². The van der Waals surface area contributed by atoms with E-state index < -0.39 is 0 Å². The van der Waals surface area contributed by atoms with Gasteiger partial charge in [0.05, 0.1) is 29.4 Å². The van der Waals surface area contributed by atoms with Gasteiger partial charge in [-0.2, -0.15) is 10.2 Å². The average Bonchev–Trinajstić information content (AvgIpc) is 2.75. The van der Waals surface area contributed by atoms with Crippen molar-refractivity contribution in [2.24, 2.45) is 4.99 Å². The second-order valence-electron chi connectivity index (χ2n) is 6.21. The zero-order chi connectivity index (χ0) is 19.9. The van der Waals surface area contributed by atoms with Crippen molar-refractivity contribution in [2.45, 2.75) is 6.54 Å². The van der Waals surface area contributed by atoms with Gasteiger partial charge in [0, 0.05) is 39.8 Å². The van der Waals surface area contributed by atoms with E-state index in [9.17, 15) is 0 Å². The van der Waals surface area contributed by atoms with E-state index in [2.05, 4.69) is 52.1 Å². The molecule has 0 unspecified atom stereocenters. The van der Waals surface area contributed by atoms with Crippen molar-refractivity contribution in [1.29, 1.82) is 5.26 Å². The van der Waals surface area contributed by atoms with Crippen LogP contribution in [0.2, 0.25) is 0 Å². The summed E-state index contributed by atoms with van der Waals surface area (Å²) in [5, 5.41) is 12.3. The maximum atomic E-state index is 8.89. The monoisotopic (exact) mass is 443 g/mol. The van der Waals surface area contributed by atoms with Crippen LogP contribution in [0.5, 0.6) is 5.88 Å². The number of anilines is 1. The molecule has 1 aromatic heterocycles. The van der Waals surface area contributed by atoms with Gasteiger partial charge in [-0.1, -0.05) is 12.1 Å². The first-order valence-corrected chi connectivity index (χ1v) is 9.70. The number of aromatic nitrogens is 2. The van der Waals surface area contributed by atoms with E-state index in [1.807, 2.05) is 24.3 Å². The summed E-state index contributed by atoms with van der Waals surface area (Å²) >= 11 is 3.38. The van der Waals surface area contributed by atoms with E-state index in [4.69, 9.17) is 10.00 Å². The molecule has 0 atom stereocenters. The summed E-state index contributed by atoms with van der Waals surface area (Å²) < 4.78 is 6.00. The van der Waals surface area contributed by atoms with Gasteiger partial charge in [-0.05, 0) is 33.6 Å². The summed E-state index contributed by atoms with van der Waals surface area (Å²) in [6, 6.07) is 9.69. The van der Waals surface area contributed by atoms with Crippen LogP contribution in [0, 0.1) is 11.3 Å². The van der Waals surface area contributed by atoms with E-state index in [1.54, 1.807) is 20.4 Å². The molecule has 1 fully saturated rings. The van der Waals surface area contributed by atoms with Crippen molar-refractivity contribution < 1.29 is 4.74 Å². The van der Waals surface area contributed by atoms with Gasteiger partial charge in [0.2, 0.25) is 11.8 Å². The Morgan fingerprint density at radius 2 is 2.00 bits per heavy atom. The molecule has 0 amide bonds. The molecule has 28 heavy (non-hydrogen) atoms. The molecular weight excluding hydrogens is 422 g/mol. The van der Waals surface area contributed by atoms with Gasteiger partial charge in [0.25, 0.3) is 0 Å². The first kappa shape index (κ1) is 19.9. The quantitative estimate of drug-likeness (QED) is 0.570. The number of rotatable bonds is 4. The Hall–Kier alpha value is -2.86. The minimum absolute atomic E-state index is 0.535. The molecule has 9 heteroatoms. The zero-order valence-corrected chi connectivity index (χ0v) is 17.5. The molecule has 0 radical (unpaired) electrons. The van der Waals surface area contributed by atoms with Gasteiger partial charge in [-0.15, -0.1) is 0 Å². The third-order valence-corrected chi connectivity index (χ3v) is 5.04. The Balaban J connectivity index is 1.56. The Bertz CT molecular complexity index is 871. The third kappa shape index (κ3) is 4.70. The van der Waals surface area contributed by atoms with Gasteiger partial charge in [-0.25, -0.2) is 4.98 Å². The molecule has 1 N–H and O–H groups in total. The highest BCUT2D eigenvalue weighted by molar-refractivity contribution is 9.10. The topological polar surface area (TPSA) is 89.7 Å². The Morgan fingerprint density at radius 1 is 1.29 bits per heavy atom. The van der Waals surface area contributed by atoms with Crippen molar-refractivity contribution in [3.05, 3.63) is 46.1 Å². The number of ether oxygens (including phenoxy) is 1. The van der Waals surface area contributed by atoms with Gasteiger partial charge in [0.1, 0.15) is 0 Å². The van der Waals surface area contributed by atoms with Gasteiger partial charge in [0.15, 0.2) is 5.96 Å². The number of piperazine rings is 1. The number of aliphatic imine (C=N–C) groups is 1. The van der Waals surface area contributed by atoms with Crippen LogP contribution in [0.4, 0.5) is 5.95 Å². The highest BCUT2D eigenvalue weighted by atomic mass is 79.9. The summed E-state index contributed by atoms with van der Waals surface area (Å²) in [7, 11) is 3.38. The van der Waals surface area contributed by atoms with Crippen LogP contribution < -0.4 is 15.0 Å². The maximum Gasteiger partial charge on any atom is 0.232 e. The van der Waals surface area contributed by atoms with Crippen molar-refractivity contribution in [1.82, 2.24) is 20.2 Å². The molecule has 0 saturated carbocycles. The summed E-state index contributed by atoms with van der Waals surface area (Å²) in [5.74, 6) is 2.06. The molecule has 146 valence electrons. The molecule has 0 spiro atoms. The molecule has 1 saturated heterocycles. The number of guanidine groups is 1. The standard InChI is InChI=1S/C19H22BrN7O/c1-22-18(23-12-15-5-3-14(11-21)4-6-15)26-7-9-27(10-8-26)19-24-13-16(20)17(25-19)28-2/h3-6,13H,7-10,12H2,1-2H3,(H,22,23). The first-order chi connectivity index (χ1) is 13.6. The lowest BCUT2D eigenvalue weighted by atomic mass is 10.1. The minimum Gasteiger partial charge on any atom is -0.480 e. The second-order valence-corrected chi connectivity index (χ2v) is 7.07. The number of benzene rings is 1. The fourth-order valence-corrected chi connectivity index (χ4v) is 3.32. The van der Waals surface area contributed by atoms with Gasteiger partial charge < -0.3 is 19.9 Å². The van der Waals surface area contributed by atoms with Crippen molar-refractivity contribution in [2.75, 3.05) is 45.2 Å². The lowest BCUT2D eigenvalue weighted by molar-refractivity contribution is 0.366. The van der Waals surface area contributed by atoms with Gasteiger partial charge >= 0.3 is 0 Å². The van der Waals surface area contributed by atoms with E-state index >= 15 is 0 Å². The summed E-state index contributed by atoms with van der Waals surface area (Å²) in [4.78, 5) is 17.6. The molecule has 2 aromatic rings. The van der Waals surface area contributed by atoms with Crippen molar-refractivity contribution >= 4 is 27.8 Å². The van der Waals surface area contributed by atoms with E-state index in [0.29, 0.717) is 23.9 Å². The molecule has 8 nitrogen and oxygen atoms in total. The highest BCUT2D eigenvalue weighted by Gasteiger charge is 2.22. The van der Waals surface area contributed by atoms with Crippen LogP contribution in [-0.2, 0) is 6.54 Å². The predicted octanol–water partition coefficient (Wildman–Crippen LogP) is 2.02. The number of methoxy groups -OCH3 is 1. The van der Waals surface area contributed by atoms with Gasteiger partial charge in [-0.3, -0.25) is 4.99 Å². The average molecular weight is 444 g/mol. The van der Waals surface area contributed by atoms with E-state index in [0.717, 1.165) is 42.2 Å². The van der Waals surface area contributed by atoms with Crippen LogP contribution in [0.15, 0.2) is 39.9 Å². The van der Waals surface area contributed by atoms with Crippen LogP contribution in [-0.4, -0.2) is 61.2 Å². The van der Waals surface area contributed by atoms with E-state index in [1.165, 1.54) is 0 Å². The second kappa shape index (κ2) is 9.37. The number of hydrogen-bond acceptors (Lipinski definition) is 6. The third-order valence-electron chi connectivity index (χ3n) is 4.50. The molecule has 1 aromatic carbocycles. The number of nitrogens with one attached hydrogen (secondary N) is 1. The lowest BCUT2D eigenvalue weighted by Gasteiger charge is -2.36. The summed E-state index contributed by atoms with van der Waals surface area (Å²) in [5.41, 5.74) is 1.77. The lowest BCUT2D eigenvalue weighted by Crippen LogP contribution is -2.52. The molecule has 1 aliphatic rings. The largest absolute Gasteiger partial charge is 0.480 e. The molecule has 0 aliphatic carbocycles. The fraction of sp³-hybridized carbons (Fsp3) is 0.368. The molecule has 0 bridgehead atoms. The van der Waals surface area contributed by atoms with Crippen molar-refractivity contribution in [3.8, 4) is 11.9 Å². The van der Waals surface area contributed by atoms with Crippen molar-refractivity contribution in [3.63, 3.8) is 0 Å². The Labute approximate surface area is 173 Å². The SMILES string of the molecule is CN=C(NCc1ccc(C#N)cc1)N1CCN(c2ncc(Br)c(OC)n2)CC1. The normalized spacial score (nSPS) is 14.6. The number of halogens is 1. The minimum atomic E-state index is 0.535. The zero-order valence-electron chi connectivity index (χ0n) is 15.9. The molecular formula is C19H22BrN7O. The fourth-order valence-electron chi connectivity index (χ4n) is 2.97. The number of nitriles is 1. The Kier molecular flexibility index (Phi) is 6.66. The number of hydrogen-bond donors (Lipinski definition) is 1. The van der Waals surface area contributed by atoms with Crippen LogP contribution in [0.25, 0.3) is 0 Å². The van der Waals surface area contributed by atoms with E-state index in [-0.39, 0.29) is 0 Å². The van der Waals surface area contributed by atoms with Crippen LogP contribution >= 0.6 is 15.9 Å². The summed E-state index contributed by atoms with van der Waals surface area (Å²) in [6.07, 6.45) is 1.71. The first-order valence-electron chi connectivity index (χ1n) is 8.90. The molecule has 2 heterocycles. The van der Waals surface area contributed by atoms with Crippen LogP contribution in [0.1, 0.15) is 11.1 Å². The molecule has 1 aliphatic heterocycles. The smallest absolute Gasteiger partial charge is 0.232 e. The predicted molar refractivity (Wildman–Crippen MR) is 111 cm³/mol. The molecule has 3 rings (SSSR count). The Morgan fingerprint density at radius 3 is 2.61 bits per heavy atom. The summed E-state index contributed by atoms with van der Waals surface area (Å²) in [6.45, 7) is 3.87. The maximum absolute atomic E-state index is 8.89.